The van der Waals surface area contributed by atoms with Crippen LogP contribution in [0.25, 0.3) is 16.9 Å². The highest BCUT2D eigenvalue weighted by atomic mass is 16.5. The third kappa shape index (κ3) is 3.64. The topological polar surface area (TPSA) is 76.5 Å². The van der Waals surface area contributed by atoms with Gasteiger partial charge in [0, 0.05) is 24.1 Å². The monoisotopic (exact) mass is 359 g/mol. The number of carbonyl (C=O) groups is 1. The normalized spacial score (nSPS) is 10.8. The molecule has 0 amide bonds. The second-order valence-corrected chi connectivity index (χ2v) is 6.08. The number of ether oxygens (including phenoxy) is 1. The van der Waals surface area contributed by atoms with Gasteiger partial charge in [-0.2, -0.15) is 0 Å². The minimum Gasteiger partial charge on any atom is -0.461 e. The van der Waals surface area contributed by atoms with Crippen LogP contribution >= 0.6 is 0 Å². The van der Waals surface area contributed by atoms with Crippen LogP contribution in [0.3, 0.4) is 0 Å². The van der Waals surface area contributed by atoms with E-state index < -0.39 is 5.97 Å². The molecule has 0 fully saturated rings. The quantitative estimate of drug-likeness (QED) is 0.556. The van der Waals surface area contributed by atoms with Gasteiger partial charge in [0.1, 0.15) is 5.69 Å². The van der Waals surface area contributed by atoms with Crippen molar-refractivity contribution in [2.24, 2.45) is 0 Å². The summed E-state index contributed by atoms with van der Waals surface area (Å²) >= 11 is 0. The number of hydrogen-bond acceptors (Lipinski definition) is 4. The SMILES string of the molecule is O=C(OCCc1ccccc1)c1cc2nc(-c3ccccc3)cc(=O)n2[nH]1. The Morgan fingerprint density at radius 2 is 1.70 bits per heavy atom. The molecule has 0 atom stereocenters. The summed E-state index contributed by atoms with van der Waals surface area (Å²) < 4.78 is 6.54. The number of fused-ring (bicyclic) bond motifs is 1. The van der Waals surface area contributed by atoms with Gasteiger partial charge in [-0.1, -0.05) is 60.7 Å². The fourth-order valence-corrected chi connectivity index (χ4v) is 2.84. The molecule has 2 aromatic heterocycles. The van der Waals surface area contributed by atoms with Gasteiger partial charge in [0.2, 0.25) is 0 Å². The van der Waals surface area contributed by atoms with Gasteiger partial charge in [0.25, 0.3) is 5.56 Å². The number of aromatic nitrogens is 3. The van der Waals surface area contributed by atoms with E-state index in [1.165, 1.54) is 16.6 Å². The number of H-pyrrole nitrogens is 1. The van der Waals surface area contributed by atoms with Gasteiger partial charge in [-0.15, -0.1) is 0 Å². The first-order chi connectivity index (χ1) is 13.2. The second kappa shape index (κ2) is 7.29. The van der Waals surface area contributed by atoms with E-state index in [1.54, 1.807) is 0 Å². The molecule has 2 aromatic carbocycles. The lowest BCUT2D eigenvalue weighted by molar-refractivity contribution is 0.0502. The predicted octanol–water partition coefficient (Wildman–Crippen LogP) is 3.09. The number of hydrogen-bond donors (Lipinski definition) is 1. The van der Waals surface area contributed by atoms with Crippen molar-refractivity contribution in [1.82, 2.24) is 14.6 Å². The zero-order valence-electron chi connectivity index (χ0n) is 14.5. The number of nitrogens with zero attached hydrogens (tertiary/aromatic N) is 2. The molecule has 6 nitrogen and oxygen atoms in total. The zero-order chi connectivity index (χ0) is 18.6. The summed E-state index contributed by atoms with van der Waals surface area (Å²) in [6.45, 7) is 0.260. The molecule has 4 rings (SSSR count). The third-order valence-corrected chi connectivity index (χ3v) is 4.21. The highest BCUT2D eigenvalue weighted by molar-refractivity contribution is 5.88. The molecule has 0 saturated heterocycles. The van der Waals surface area contributed by atoms with E-state index in [2.05, 4.69) is 10.1 Å². The van der Waals surface area contributed by atoms with Gasteiger partial charge in [-0.3, -0.25) is 9.89 Å². The molecule has 2 heterocycles. The molecule has 6 heteroatoms. The van der Waals surface area contributed by atoms with Crippen LogP contribution in [-0.4, -0.2) is 27.2 Å². The maximum absolute atomic E-state index is 12.3. The molecule has 1 N–H and O–H groups in total. The van der Waals surface area contributed by atoms with Gasteiger partial charge >= 0.3 is 5.97 Å². The van der Waals surface area contributed by atoms with E-state index in [0.29, 0.717) is 17.8 Å². The van der Waals surface area contributed by atoms with E-state index in [9.17, 15) is 9.59 Å². The van der Waals surface area contributed by atoms with Crippen molar-refractivity contribution in [3.63, 3.8) is 0 Å². The summed E-state index contributed by atoms with van der Waals surface area (Å²) in [6, 6.07) is 22.2. The van der Waals surface area contributed by atoms with E-state index >= 15 is 0 Å². The number of benzene rings is 2. The number of esters is 1. The minimum atomic E-state index is -0.517. The molecule has 0 radical (unpaired) electrons. The first-order valence-electron chi connectivity index (χ1n) is 8.60. The Labute approximate surface area is 155 Å². The molecule has 0 saturated carbocycles. The lowest BCUT2D eigenvalue weighted by atomic mass is 10.1. The van der Waals surface area contributed by atoms with Crippen molar-refractivity contribution in [3.8, 4) is 11.3 Å². The molecule has 0 spiro atoms. The predicted molar refractivity (Wildman–Crippen MR) is 102 cm³/mol. The molecule has 0 bridgehead atoms. The summed E-state index contributed by atoms with van der Waals surface area (Å²) in [7, 11) is 0. The molecule has 0 unspecified atom stereocenters. The second-order valence-electron chi connectivity index (χ2n) is 6.08. The highest BCUT2D eigenvalue weighted by Crippen LogP contribution is 2.16. The summed E-state index contributed by atoms with van der Waals surface area (Å²) in [5.41, 5.74) is 2.76. The van der Waals surface area contributed by atoms with Gasteiger partial charge in [0.15, 0.2) is 5.65 Å². The molecule has 0 aliphatic heterocycles. The van der Waals surface area contributed by atoms with Crippen LogP contribution in [0.4, 0.5) is 0 Å². The molecule has 27 heavy (non-hydrogen) atoms. The Bertz CT molecular complexity index is 1130. The Morgan fingerprint density at radius 1 is 1.00 bits per heavy atom. The smallest absolute Gasteiger partial charge is 0.356 e. The Balaban J connectivity index is 1.53. The van der Waals surface area contributed by atoms with Crippen LogP contribution in [-0.2, 0) is 11.2 Å². The summed E-state index contributed by atoms with van der Waals surface area (Å²) in [6.07, 6.45) is 0.628. The average Bonchev–Trinajstić information content (AvgIpc) is 3.14. The molecule has 0 aliphatic carbocycles. The number of rotatable bonds is 5. The highest BCUT2D eigenvalue weighted by Gasteiger charge is 2.14. The van der Waals surface area contributed by atoms with Crippen molar-refractivity contribution in [2.45, 2.75) is 6.42 Å². The van der Waals surface area contributed by atoms with Crippen LogP contribution < -0.4 is 5.56 Å². The maximum Gasteiger partial charge on any atom is 0.356 e. The average molecular weight is 359 g/mol. The Hall–Kier alpha value is -3.67. The van der Waals surface area contributed by atoms with Gasteiger partial charge in [-0.25, -0.2) is 14.3 Å². The number of aromatic amines is 1. The largest absolute Gasteiger partial charge is 0.461 e. The van der Waals surface area contributed by atoms with Crippen molar-refractivity contribution in [3.05, 3.63) is 94.4 Å². The molecular weight excluding hydrogens is 342 g/mol. The Morgan fingerprint density at radius 3 is 2.44 bits per heavy atom. The van der Waals surface area contributed by atoms with Crippen molar-refractivity contribution >= 4 is 11.6 Å². The van der Waals surface area contributed by atoms with Crippen LogP contribution in [0, 0.1) is 0 Å². The van der Waals surface area contributed by atoms with Crippen molar-refractivity contribution in [2.75, 3.05) is 6.61 Å². The molecule has 0 aliphatic rings. The van der Waals surface area contributed by atoms with Gasteiger partial charge in [-0.05, 0) is 5.56 Å². The third-order valence-electron chi connectivity index (χ3n) is 4.21. The van der Waals surface area contributed by atoms with Crippen LogP contribution in [0.2, 0.25) is 0 Å². The standard InChI is InChI=1S/C21H17N3O3/c25-20-14-17(16-9-5-2-6-10-16)22-19-13-18(23-24(19)20)21(26)27-12-11-15-7-3-1-4-8-15/h1-10,13-14,23H,11-12H2. The summed E-state index contributed by atoms with van der Waals surface area (Å²) in [4.78, 5) is 29.1. The Kier molecular flexibility index (Phi) is 4.53. The summed E-state index contributed by atoms with van der Waals surface area (Å²) in [5, 5.41) is 2.76. The minimum absolute atomic E-state index is 0.192. The first-order valence-corrected chi connectivity index (χ1v) is 8.60. The molecule has 134 valence electrons. The fraction of sp³-hybridized carbons (Fsp3) is 0.0952. The van der Waals surface area contributed by atoms with Crippen LogP contribution in [0.1, 0.15) is 16.1 Å². The van der Waals surface area contributed by atoms with Crippen LogP contribution in [0.5, 0.6) is 0 Å². The lowest BCUT2D eigenvalue weighted by Crippen LogP contribution is -2.15. The van der Waals surface area contributed by atoms with Crippen LogP contribution in [0.15, 0.2) is 77.6 Å². The maximum atomic E-state index is 12.3. The summed E-state index contributed by atoms with van der Waals surface area (Å²) in [5.74, 6) is -0.517. The molecule has 4 aromatic rings. The van der Waals surface area contributed by atoms with Crippen molar-refractivity contribution < 1.29 is 9.53 Å². The van der Waals surface area contributed by atoms with E-state index in [-0.39, 0.29) is 17.9 Å². The van der Waals surface area contributed by atoms with E-state index in [1.807, 2.05) is 60.7 Å². The number of carbonyl (C=O) groups excluding carboxylic acids is 1. The lowest BCUT2D eigenvalue weighted by Gasteiger charge is -2.03. The van der Waals surface area contributed by atoms with Crippen molar-refractivity contribution in [1.29, 1.82) is 0 Å². The fourth-order valence-electron chi connectivity index (χ4n) is 2.84. The van der Waals surface area contributed by atoms with Gasteiger partial charge < -0.3 is 4.74 Å². The van der Waals surface area contributed by atoms with E-state index in [0.717, 1.165) is 11.1 Å². The van der Waals surface area contributed by atoms with Gasteiger partial charge in [0.05, 0.1) is 12.3 Å². The van der Waals surface area contributed by atoms with E-state index in [4.69, 9.17) is 4.74 Å². The first kappa shape index (κ1) is 16.8. The number of nitrogens with one attached hydrogen (secondary N) is 1. The zero-order valence-corrected chi connectivity index (χ0v) is 14.5. The molecular formula is C21H17N3O3.